The number of hydrogen-bond acceptors (Lipinski definition) is 1. The van der Waals surface area contributed by atoms with Gasteiger partial charge in [-0.1, -0.05) is 80.8 Å². The first-order valence-electron chi connectivity index (χ1n) is 11.6. The zero-order valence-corrected chi connectivity index (χ0v) is 19.3. The molecule has 0 atom stereocenters. The summed E-state index contributed by atoms with van der Waals surface area (Å²) in [6, 6.07) is 18.5. The molecule has 182 valence electrons. The van der Waals surface area contributed by atoms with Crippen LogP contribution in [0.15, 0.2) is 72.8 Å². The predicted molar refractivity (Wildman–Crippen MR) is 129 cm³/mol. The molecule has 0 aromatic heterocycles. The van der Waals surface area contributed by atoms with Crippen LogP contribution in [0.2, 0.25) is 0 Å². The quantitative estimate of drug-likeness (QED) is 0.179. The number of alkyl halides is 3. The third-order valence-electron chi connectivity index (χ3n) is 6.02. The highest BCUT2D eigenvalue weighted by Crippen LogP contribution is 2.34. The van der Waals surface area contributed by atoms with Crippen LogP contribution in [0.1, 0.15) is 38.2 Å². The topological polar surface area (TPSA) is 9.23 Å². The average molecular weight is 485 g/mol. The fourth-order valence-electron chi connectivity index (χ4n) is 4.23. The second-order valence-corrected chi connectivity index (χ2v) is 8.56. The van der Waals surface area contributed by atoms with Crippen molar-refractivity contribution in [3.05, 3.63) is 90.0 Å². The van der Waals surface area contributed by atoms with E-state index in [-0.39, 0.29) is 16.9 Å². The van der Waals surface area contributed by atoms with Crippen LogP contribution in [0.3, 0.4) is 0 Å². The molecule has 1 nitrogen and oxygen atoms in total. The van der Waals surface area contributed by atoms with Gasteiger partial charge >= 0.3 is 6.36 Å². The molecule has 0 aliphatic carbocycles. The van der Waals surface area contributed by atoms with E-state index < -0.39 is 18.0 Å². The molecule has 0 spiro atoms. The molecule has 0 saturated carbocycles. The zero-order chi connectivity index (χ0) is 25.0. The van der Waals surface area contributed by atoms with Crippen LogP contribution in [0.25, 0.3) is 33.0 Å². The average Bonchev–Trinajstić information content (AvgIpc) is 2.82. The summed E-state index contributed by atoms with van der Waals surface area (Å²) in [6.45, 7) is 2.17. The molecule has 4 rings (SSSR count). The van der Waals surface area contributed by atoms with Crippen LogP contribution in [-0.2, 0) is 6.42 Å². The van der Waals surface area contributed by atoms with E-state index in [0.717, 1.165) is 30.4 Å². The maximum Gasteiger partial charge on any atom is 0.573 e. The first-order valence-corrected chi connectivity index (χ1v) is 11.6. The van der Waals surface area contributed by atoms with Crippen molar-refractivity contribution in [1.29, 1.82) is 0 Å². The molecule has 0 aliphatic heterocycles. The maximum atomic E-state index is 15.3. The molecule has 4 aromatic carbocycles. The van der Waals surface area contributed by atoms with Crippen LogP contribution in [0, 0.1) is 11.6 Å². The summed E-state index contributed by atoms with van der Waals surface area (Å²) in [6.07, 6.45) is 0.817. The Kier molecular flexibility index (Phi) is 7.39. The predicted octanol–water partition coefficient (Wildman–Crippen LogP) is 9.47. The SMILES string of the molecule is CCCCCCc1ccc2c(F)c(-c3ccc(-c4ccc(OC(F)(F)F)cc4)c(F)c3)ccc2c1. The van der Waals surface area contributed by atoms with Gasteiger partial charge in [-0.2, -0.15) is 0 Å². The van der Waals surface area contributed by atoms with Crippen LogP contribution in [0.5, 0.6) is 5.75 Å². The van der Waals surface area contributed by atoms with Gasteiger partial charge in [-0.15, -0.1) is 13.2 Å². The van der Waals surface area contributed by atoms with Gasteiger partial charge in [0.25, 0.3) is 0 Å². The fourth-order valence-corrected chi connectivity index (χ4v) is 4.23. The van der Waals surface area contributed by atoms with Crippen molar-refractivity contribution in [3.8, 4) is 28.0 Å². The second-order valence-electron chi connectivity index (χ2n) is 8.56. The van der Waals surface area contributed by atoms with Crippen molar-refractivity contribution in [2.24, 2.45) is 0 Å². The van der Waals surface area contributed by atoms with E-state index in [1.54, 1.807) is 18.2 Å². The van der Waals surface area contributed by atoms with Crippen LogP contribution in [-0.4, -0.2) is 6.36 Å². The molecule has 0 radical (unpaired) electrons. The smallest absolute Gasteiger partial charge is 0.406 e. The molecular formula is C29H25F5O. The molecule has 6 heteroatoms. The lowest BCUT2D eigenvalue weighted by Gasteiger charge is -2.12. The highest BCUT2D eigenvalue weighted by Gasteiger charge is 2.31. The zero-order valence-electron chi connectivity index (χ0n) is 19.3. The lowest BCUT2D eigenvalue weighted by molar-refractivity contribution is -0.274. The third kappa shape index (κ3) is 5.99. The molecule has 0 aliphatic rings. The summed E-state index contributed by atoms with van der Waals surface area (Å²) in [7, 11) is 0. The summed E-state index contributed by atoms with van der Waals surface area (Å²) >= 11 is 0. The number of fused-ring (bicyclic) bond motifs is 1. The van der Waals surface area contributed by atoms with E-state index in [4.69, 9.17) is 0 Å². The molecule has 0 unspecified atom stereocenters. The Morgan fingerprint density at radius 2 is 1.43 bits per heavy atom. The largest absolute Gasteiger partial charge is 0.573 e. The third-order valence-corrected chi connectivity index (χ3v) is 6.02. The van der Waals surface area contributed by atoms with Gasteiger partial charge in [0.1, 0.15) is 17.4 Å². The Morgan fingerprint density at radius 3 is 2.11 bits per heavy atom. The van der Waals surface area contributed by atoms with Gasteiger partial charge < -0.3 is 4.74 Å². The van der Waals surface area contributed by atoms with Crippen molar-refractivity contribution in [3.63, 3.8) is 0 Å². The minimum atomic E-state index is -4.80. The van der Waals surface area contributed by atoms with Crippen molar-refractivity contribution in [2.75, 3.05) is 0 Å². The number of ether oxygens (including phenoxy) is 1. The Hall–Kier alpha value is -3.41. The van der Waals surface area contributed by atoms with Crippen LogP contribution < -0.4 is 4.74 Å². The first kappa shape index (κ1) is 24.7. The minimum Gasteiger partial charge on any atom is -0.406 e. The standard InChI is InChI=1S/C29H25F5O/c1-2-3-4-5-6-19-7-14-25-21(17-19)11-16-26(28(25)31)22-10-15-24(27(30)18-22)20-8-12-23(13-9-20)35-29(32,33)34/h7-18H,2-6H2,1H3. The van der Waals surface area contributed by atoms with E-state index in [9.17, 15) is 17.6 Å². The van der Waals surface area contributed by atoms with Gasteiger partial charge in [-0.05, 0) is 53.1 Å². The molecule has 0 fully saturated rings. The van der Waals surface area contributed by atoms with Gasteiger partial charge in [-0.25, -0.2) is 8.78 Å². The van der Waals surface area contributed by atoms with Crippen LogP contribution >= 0.6 is 0 Å². The Balaban J connectivity index is 1.57. The Bertz CT molecular complexity index is 1310. The molecule has 0 saturated heterocycles. The fraction of sp³-hybridized carbons (Fsp3) is 0.241. The monoisotopic (exact) mass is 484 g/mol. The highest BCUT2D eigenvalue weighted by molar-refractivity contribution is 5.89. The number of unbranched alkanes of at least 4 members (excludes halogenated alkanes) is 3. The molecular weight excluding hydrogens is 459 g/mol. The van der Waals surface area contributed by atoms with Crippen molar-refractivity contribution < 1.29 is 26.7 Å². The van der Waals surface area contributed by atoms with Gasteiger partial charge in [0.2, 0.25) is 0 Å². The Morgan fingerprint density at radius 1 is 0.714 bits per heavy atom. The van der Waals surface area contributed by atoms with Gasteiger partial charge in [0.15, 0.2) is 0 Å². The lowest BCUT2D eigenvalue weighted by Crippen LogP contribution is -2.16. The summed E-state index contributed by atoms with van der Waals surface area (Å²) in [5, 5.41) is 1.28. The van der Waals surface area contributed by atoms with Crippen molar-refractivity contribution in [2.45, 2.75) is 45.4 Å². The van der Waals surface area contributed by atoms with E-state index in [0.29, 0.717) is 16.5 Å². The van der Waals surface area contributed by atoms with Gasteiger partial charge in [0, 0.05) is 16.5 Å². The molecule has 4 aromatic rings. The number of benzene rings is 4. The van der Waals surface area contributed by atoms with E-state index in [2.05, 4.69) is 11.7 Å². The van der Waals surface area contributed by atoms with Gasteiger partial charge in [-0.3, -0.25) is 0 Å². The maximum absolute atomic E-state index is 15.3. The molecule has 0 N–H and O–H groups in total. The first-order chi connectivity index (χ1) is 16.7. The lowest BCUT2D eigenvalue weighted by atomic mass is 9.96. The summed E-state index contributed by atoms with van der Waals surface area (Å²) in [4.78, 5) is 0. The second kappa shape index (κ2) is 10.5. The van der Waals surface area contributed by atoms with Crippen LogP contribution in [0.4, 0.5) is 22.0 Å². The highest BCUT2D eigenvalue weighted by atomic mass is 19.4. The number of hydrogen-bond donors (Lipinski definition) is 0. The van der Waals surface area contributed by atoms with E-state index in [1.165, 1.54) is 49.1 Å². The molecule has 0 amide bonds. The number of aryl methyl sites for hydroxylation is 1. The van der Waals surface area contributed by atoms with Crippen molar-refractivity contribution in [1.82, 2.24) is 0 Å². The van der Waals surface area contributed by atoms with Gasteiger partial charge in [0.05, 0.1) is 0 Å². The summed E-state index contributed by atoms with van der Waals surface area (Å²) < 4.78 is 71.2. The molecule has 0 heterocycles. The van der Waals surface area contributed by atoms with E-state index >= 15 is 4.39 Å². The number of rotatable bonds is 8. The summed E-state index contributed by atoms with van der Waals surface area (Å²) in [5.74, 6) is -1.41. The van der Waals surface area contributed by atoms with Crippen molar-refractivity contribution >= 4 is 10.8 Å². The minimum absolute atomic E-state index is 0.196. The van der Waals surface area contributed by atoms with E-state index in [1.807, 2.05) is 18.2 Å². The molecule has 35 heavy (non-hydrogen) atoms. The summed E-state index contributed by atoms with van der Waals surface area (Å²) in [5.41, 5.74) is 2.41. The number of halogens is 5. The molecule has 0 bridgehead atoms. The Labute approximate surface area is 201 Å². The normalized spacial score (nSPS) is 11.7.